The number of rotatable bonds is 5. The number of hydrogen-bond donors (Lipinski definition) is 2. The average Bonchev–Trinajstić information content (AvgIpc) is 2.62. The van der Waals surface area contributed by atoms with Crippen molar-refractivity contribution in [2.24, 2.45) is 5.92 Å². The molecule has 1 fully saturated rings. The smallest absolute Gasteiger partial charge is 0.0743 e. The summed E-state index contributed by atoms with van der Waals surface area (Å²) >= 11 is 0. The molecule has 0 spiro atoms. The topological polar surface area (TPSA) is 56.0 Å². The van der Waals surface area contributed by atoms with Gasteiger partial charge in [-0.1, -0.05) is 19.8 Å². The van der Waals surface area contributed by atoms with Crippen LogP contribution < -0.4 is 5.32 Å². The predicted molar refractivity (Wildman–Crippen MR) is 60.3 cm³/mol. The molecular formula is C12H22N2O. The fourth-order valence-corrected chi connectivity index (χ4v) is 2.34. The fraction of sp³-hybridized carbons (Fsp3) is 0.917. The molecule has 3 heteroatoms. The highest BCUT2D eigenvalue weighted by atomic mass is 16.3. The molecule has 3 unspecified atom stereocenters. The van der Waals surface area contributed by atoms with Crippen molar-refractivity contribution in [2.75, 3.05) is 6.54 Å². The molecule has 86 valence electrons. The van der Waals surface area contributed by atoms with Gasteiger partial charge in [0.2, 0.25) is 0 Å². The fourth-order valence-electron chi connectivity index (χ4n) is 2.34. The van der Waals surface area contributed by atoms with Gasteiger partial charge < -0.3 is 10.4 Å². The molecule has 1 aliphatic rings. The Bertz CT molecular complexity index is 232. The Morgan fingerprint density at radius 1 is 1.53 bits per heavy atom. The lowest BCUT2D eigenvalue weighted by molar-refractivity contribution is 0.0465. The van der Waals surface area contributed by atoms with Crippen LogP contribution in [0.15, 0.2) is 0 Å². The minimum atomic E-state index is -0.628. The second kappa shape index (κ2) is 5.48. The van der Waals surface area contributed by atoms with Crippen molar-refractivity contribution >= 4 is 0 Å². The van der Waals surface area contributed by atoms with Gasteiger partial charge in [0.25, 0.3) is 0 Å². The van der Waals surface area contributed by atoms with Crippen molar-refractivity contribution in [1.29, 1.82) is 5.26 Å². The largest absolute Gasteiger partial charge is 0.389 e. The first-order chi connectivity index (χ1) is 7.09. The minimum Gasteiger partial charge on any atom is -0.389 e. The number of nitriles is 1. The molecule has 0 aromatic carbocycles. The maximum absolute atomic E-state index is 9.99. The molecule has 0 radical (unpaired) electrons. The summed E-state index contributed by atoms with van der Waals surface area (Å²) in [4.78, 5) is 0. The highest BCUT2D eigenvalue weighted by Gasteiger charge is 2.29. The van der Waals surface area contributed by atoms with Gasteiger partial charge in [0, 0.05) is 12.6 Å². The predicted octanol–water partition coefficient (Wildman–Crippen LogP) is 1.82. The van der Waals surface area contributed by atoms with E-state index in [0.717, 1.165) is 32.1 Å². The number of nitrogens with zero attached hydrogens (tertiary/aromatic N) is 1. The van der Waals surface area contributed by atoms with E-state index in [4.69, 9.17) is 5.26 Å². The van der Waals surface area contributed by atoms with Gasteiger partial charge in [-0.05, 0) is 26.2 Å². The first kappa shape index (κ1) is 12.5. The van der Waals surface area contributed by atoms with Crippen LogP contribution in [-0.2, 0) is 0 Å². The minimum absolute atomic E-state index is 0.141. The van der Waals surface area contributed by atoms with E-state index in [1.165, 1.54) is 0 Å². The molecule has 0 amide bonds. The zero-order chi connectivity index (χ0) is 11.3. The SMILES string of the molecule is CCCC(C)(O)CNC1CCCC1C#N. The average molecular weight is 210 g/mol. The maximum Gasteiger partial charge on any atom is 0.0743 e. The van der Waals surface area contributed by atoms with Gasteiger partial charge in [-0.2, -0.15) is 5.26 Å². The van der Waals surface area contributed by atoms with E-state index in [0.29, 0.717) is 12.6 Å². The third kappa shape index (κ3) is 3.81. The van der Waals surface area contributed by atoms with Crippen LogP contribution in [0.3, 0.4) is 0 Å². The summed E-state index contributed by atoms with van der Waals surface area (Å²) in [5.74, 6) is 0.141. The van der Waals surface area contributed by atoms with Gasteiger partial charge in [0.15, 0.2) is 0 Å². The van der Waals surface area contributed by atoms with Crippen molar-refractivity contribution in [3.63, 3.8) is 0 Å². The lowest BCUT2D eigenvalue weighted by atomic mass is 9.99. The third-order valence-corrected chi connectivity index (χ3v) is 3.22. The number of hydrogen-bond acceptors (Lipinski definition) is 3. The van der Waals surface area contributed by atoms with Crippen LogP contribution in [-0.4, -0.2) is 23.3 Å². The van der Waals surface area contributed by atoms with E-state index in [1.807, 2.05) is 6.92 Å². The molecule has 0 bridgehead atoms. The molecule has 0 aromatic heterocycles. The standard InChI is InChI=1S/C12H22N2O/c1-3-7-12(2,15)9-14-11-6-4-5-10(11)8-13/h10-11,14-15H,3-7,9H2,1-2H3. The lowest BCUT2D eigenvalue weighted by Gasteiger charge is -2.26. The Morgan fingerprint density at radius 2 is 2.27 bits per heavy atom. The Morgan fingerprint density at radius 3 is 2.87 bits per heavy atom. The summed E-state index contributed by atoms with van der Waals surface area (Å²) in [6.07, 6.45) is 5.00. The zero-order valence-corrected chi connectivity index (χ0v) is 9.79. The van der Waals surface area contributed by atoms with Crippen molar-refractivity contribution in [3.05, 3.63) is 0 Å². The van der Waals surface area contributed by atoms with Gasteiger partial charge in [-0.25, -0.2) is 0 Å². The molecule has 3 nitrogen and oxygen atoms in total. The molecule has 1 saturated carbocycles. The molecular weight excluding hydrogens is 188 g/mol. The molecule has 15 heavy (non-hydrogen) atoms. The van der Waals surface area contributed by atoms with E-state index < -0.39 is 5.60 Å². The van der Waals surface area contributed by atoms with Gasteiger partial charge in [-0.15, -0.1) is 0 Å². The summed E-state index contributed by atoms with van der Waals surface area (Å²) < 4.78 is 0. The highest BCUT2D eigenvalue weighted by molar-refractivity contribution is 4.97. The van der Waals surface area contributed by atoms with E-state index in [2.05, 4.69) is 18.3 Å². The normalized spacial score (nSPS) is 29.7. The Kier molecular flexibility index (Phi) is 4.56. The van der Waals surface area contributed by atoms with E-state index >= 15 is 0 Å². The van der Waals surface area contributed by atoms with Crippen LogP contribution in [0.5, 0.6) is 0 Å². The molecule has 3 atom stereocenters. The summed E-state index contributed by atoms with van der Waals surface area (Å²) in [7, 11) is 0. The molecule has 0 saturated heterocycles. The second-order valence-corrected chi connectivity index (χ2v) is 4.90. The van der Waals surface area contributed by atoms with Crippen molar-refractivity contribution in [1.82, 2.24) is 5.32 Å². The molecule has 0 heterocycles. The van der Waals surface area contributed by atoms with Crippen molar-refractivity contribution in [2.45, 2.75) is 57.6 Å². The third-order valence-electron chi connectivity index (χ3n) is 3.22. The second-order valence-electron chi connectivity index (χ2n) is 4.90. The van der Waals surface area contributed by atoms with Gasteiger partial charge in [-0.3, -0.25) is 0 Å². The monoisotopic (exact) mass is 210 g/mol. The van der Waals surface area contributed by atoms with Crippen LogP contribution >= 0.6 is 0 Å². The Hall–Kier alpha value is -0.590. The van der Waals surface area contributed by atoms with Gasteiger partial charge in [0.1, 0.15) is 0 Å². The summed E-state index contributed by atoms with van der Waals surface area (Å²) in [6, 6.07) is 2.63. The first-order valence-corrected chi connectivity index (χ1v) is 5.94. The van der Waals surface area contributed by atoms with Gasteiger partial charge in [0.05, 0.1) is 17.6 Å². The van der Waals surface area contributed by atoms with E-state index in [1.54, 1.807) is 0 Å². The van der Waals surface area contributed by atoms with Crippen LogP contribution in [0.4, 0.5) is 0 Å². The Labute approximate surface area is 92.5 Å². The molecule has 0 aliphatic heterocycles. The Balaban J connectivity index is 2.33. The van der Waals surface area contributed by atoms with Crippen LogP contribution in [0.2, 0.25) is 0 Å². The highest BCUT2D eigenvalue weighted by Crippen LogP contribution is 2.25. The summed E-state index contributed by atoms with van der Waals surface area (Å²) in [5, 5.41) is 22.2. The van der Waals surface area contributed by atoms with Crippen LogP contribution in [0, 0.1) is 17.2 Å². The summed E-state index contributed by atoms with van der Waals surface area (Å²) in [6.45, 7) is 4.53. The van der Waals surface area contributed by atoms with Crippen molar-refractivity contribution in [3.8, 4) is 6.07 Å². The van der Waals surface area contributed by atoms with Crippen LogP contribution in [0.1, 0.15) is 46.0 Å². The van der Waals surface area contributed by atoms with E-state index in [9.17, 15) is 5.11 Å². The lowest BCUT2D eigenvalue weighted by Crippen LogP contribution is -2.43. The number of aliphatic hydroxyl groups is 1. The molecule has 1 aliphatic carbocycles. The molecule has 0 aromatic rings. The van der Waals surface area contributed by atoms with Crippen molar-refractivity contribution < 1.29 is 5.11 Å². The molecule has 1 rings (SSSR count). The number of nitrogens with one attached hydrogen (secondary N) is 1. The maximum atomic E-state index is 9.99. The van der Waals surface area contributed by atoms with Gasteiger partial charge >= 0.3 is 0 Å². The van der Waals surface area contributed by atoms with Crippen LogP contribution in [0.25, 0.3) is 0 Å². The molecule has 2 N–H and O–H groups in total. The quantitative estimate of drug-likeness (QED) is 0.727. The van der Waals surface area contributed by atoms with E-state index in [-0.39, 0.29) is 5.92 Å². The zero-order valence-electron chi connectivity index (χ0n) is 9.79. The summed E-state index contributed by atoms with van der Waals surface area (Å²) in [5.41, 5.74) is -0.628. The first-order valence-electron chi connectivity index (χ1n) is 5.94.